The molecule has 5 heteroatoms. The van der Waals surface area contributed by atoms with E-state index in [1.807, 2.05) is 55.5 Å². The van der Waals surface area contributed by atoms with Crippen molar-refractivity contribution in [3.8, 4) is 5.75 Å². The zero-order valence-electron chi connectivity index (χ0n) is 13.9. The van der Waals surface area contributed by atoms with Crippen molar-refractivity contribution < 1.29 is 14.6 Å². The molecular weight excluding hydrogens is 304 g/mol. The Balaban J connectivity index is 1.56. The van der Waals surface area contributed by atoms with Crippen LogP contribution in [0, 0.1) is 6.92 Å². The Hall–Kier alpha value is -2.53. The van der Waals surface area contributed by atoms with Gasteiger partial charge in [0, 0.05) is 6.54 Å². The van der Waals surface area contributed by atoms with Crippen molar-refractivity contribution in [1.82, 2.24) is 10.6 Å². The second-order valence-electron chi connectivity index (χ2n) is 5.57. The molecule has 0 fully saturated rings. The zero-order chi connectivity index (χ0) is 17.2. The second-order valence-corrected chi connectivity index (χ2v) is 5.57. The Bertz CT molecular complexity index is 624. The van der Waals surface area contributed by atoms with Crippen LogP contribution in [-0.4, -0.2) is 30.8 Å². The number of benzene rings is 2. The first-order chi connectivity index (χ1) is 11.7. The van der Waals surface area contributed by atoms with E-state index in [0.29, 0.717) is 19.7 Å². The maximum absolute atomic E-state index is 11.7. The van der Waals surface area contributed by atoms with Gasteiger partial charge in [0.05, 0.1) is 13.2 Å². The number of carbonyl (C=O) groups excluding carboxylic acids is 1. The van der Waals surface area contributed by atoms with Crippen LogP contribution in [0.1, 0.15) is 16.7 Å². The van der Waals surface area contributed by atoms with Crippen molar-refractivity contribution in [3.05, 3.63) is 65.2 Å². The summed E-state index contributed by atoms with van der Waals surface area (Å²) in [5, 5.41) is 14.6. The lowest BCUT2D eigenvalue weighted by Gasteiger charge is -2.09. The van der Waals surface area contributed by atoms with Crippen LogP contribution in [0.25, 0.3) is 0 Å². The summed E-state index contributed by atoms with van der Waals surface area (Å²) in [5.41, 5.74) is 3.19. The lowest BCUT2D eigenvalue weighted by molar-refractivity contribution is 0.236. The Morgan fingerprint density at radius 2 is 1.58 bits per heavy atom. The molecule has 0 aliphatic heterocycles. The van der Waals surface area contributed by atoms with E-state index >= 15 is 0 Å². The van der Waals surface area contributed by atoms with E-state index < -0.39 is 0 Å². The average Bonchev–Trinajstić information content (AvgIpc) is 2.61. The lowest BCUT2D eigenvalue weighted by Crippen LogP contribution is -2.38. The van der Waals surface area contributed by atoms with Gasteiger partial charge in [0.25, 0.3) is 0 Å². The molecule has 0 radical (unpaired) electrons. The maximum Gasteiger partial charge on any atom is 0.314 e. The van der Waals surface area contributed by atoms with Gasteiger partial charge in [0.1, 0.15) is 12.4 Å². The van der Waals surface area contributed by atoms with E-state index in [-0.39, 0.29) is 12.6 Å². The number of hydrogen-bond donors (Lipinski definition) is 3. The highest BCUT2D eigenvalue weighted by atomic mass is 16.5. The minimum absolute atomic E-state index is 0.0472. The number of hydrogen-bond acceptors (Lipinski definition) is 3. The molecule has 2 aromatic rings. The highest BCUT2D eigenvalue weighted by Crippen LogP contribution is 2.10. The summed E-state index contributed by atoms with van der Waals surface area (Å²) < 4.78 is 5.54. The van der Waals surface area contributed by atoms with E-state index in [9.17, 15) is 4.79 Å². The molecule has 0 unspecified atom stereocenters. The number of aryl methyl sites for hydroxylation is 1. The molecule has 3 N–H and O–H groups in total. The fraction of sp³-hybridized carbons (Fsp3) is 0.316. The summed E-state index contributed by atoms with van der Waals surface area (Å²) >= 11 is 0. The first kappa shape index (κ1) is 17.8. The molecule has 0 aromatic heterocycles. The van der Waals surface area contributed by atoms with E-state index in [4.69, 9.17) is 9.84 Å². The van der Waals surface area contributed by atoms with E-state index in [2.05, 4.69) is 10.6 Å². The van der Waals surface area contributed by atoms with Crippen LogP contribution >= 0.6 is 0 Å². The van der Waals surface area contributed by atoms with Gasteiger partial charge < -0.3 is 20.5 Å². The van der Waals surface area contributed by atoms with Gasteiger partial charge in [-0.1, -0.05) is 42.0 Å². The quantitative estimate of drug-likeness (QED) is 0.652. The number of amides is 2. The van der Waals surface area contributed by atoms with Gasteiger partial charge >= 0.3 is 6.03 Å². The van der Waals surface area contributed by atoms with Crippen LogP contribution in [0.3, 0.4) is 0 Å². The summed E-state index contributed by atoms with van der Waals surface area (Å²) in [6.45, 7) is 3.51. The predicted molar refractivity (Wildman–Crippen MR) is 94.1 cm³/mol. The topological polar surface area (TPSA) is 70.6 Å². The zero-order valence-corrected chi connectivity index (χ0v) is 13.9. The third-order valence-electron chi connectivity index (χ3n) is 3.58. The number of ether oxygens (including phenoxy) is 1. The van der Waals surface area contributed by atoms with Crippen LogP contribution in [0.4, 0.5) is 4.79 Å². The highest BCUT2D eigenvalue weighted by molar-refractivity contribution is 5.73. The maximum atomic E-state index is 11.7. The van der Waals surface area contributed by atoms with Crippen molar-refractivity contribution in [2.75, 3.05) is 19.7 Å². The summed E-state index contributed by atoms with van der Waals surface area (Å²) in [7, 11) is 0. The molecule has 2 amide bonds. The summed E-state index contributed by atoms with van der Waals surface area (Å²) in [5.74, 6) is 0.800. The molecule has 0 heterocycles. The van der Waals surface area contributed by atoms with Gasteiger partial charge in [-0.15, -0.1) is 0 Å². The monoisotopic (exact) mass is 328 g/mol. The van der Waals surface area contributed by atoms with E-state index in [1.54, 1.807) is 0 Å². The molecule has 5 nitrogen and oxygen atoms in total. The minimum Gasteiger partial charge on any atom is -0.492 e. The molecule has 0 atom stereocenters. The second kappa shape index (κ2) is 9.57. The van der Waals surface area contributed by atoms with E-state index in [0.717, 1.165) is 23.3 Å². The van der Waals surface area contributed by atoms with Crippen molar-refractivity contribution in [3.63, 3.8) is 0 Å². The molecule has 128 valence electrons. The minimum atomic E-state index is -0.200. The summed E-state index contributed by atoms with van der Waals surface area (Å²) in [6.07, 6.45) is 0.749. The van der Waals surface area contributed by atoms with Crippen molar-refractivity contribution in [2.24, 2.45) is 0 Å². The van der Waals surface area contributed by atoms with Crippen LogP contribution < -0.4 is 15.4 Å². The van der Waals surface area contributed by atoms with Gasteiger partial charge in [-0.25, -0.2) is 4.79 Å². The van der Waals surface area contributed by atoms with Gasteiger partial charge in [-0.05, 0) is 36.6 Å². The van der Waals surface area contributed by atoms with E-state index in [1.165, 1.54) is 5.56 Å². The Labute approximate surface area is 142 Å². The molecular formula is C19H24N2O3. The summed E-state index contributed by atoms with van der Waals surface area (Å²) in [6, 6.07) is 15.3. The predicted octanol–water partition coefficient (Wildman–Crippen LogP) is 2.41. The normalized spacial score (nSPS) is 10.2. The Kier molecular flexibility index (Phi) is 7.11. The number of rotatable bonds is 8. The third kappa shape index (κ3) is 6.30. The molecule has 0 spiro atoms. The molecule has 2 aromatic carbocycles. The smallest absolute Gasteiger partial charge is 0.314 e. The van der Waals surface area contributed by atoms with Gasteiger partial charge in [-0.3, -0.25) is 0 Å². The first-order valence-corrected chi connectivity index (χ1v) is 8.07. The fourth-order valence-corrected chi connectivity index (χ4v) is 2.16. The fourth-order valence-electron chi connectivity index (χ4n) is 2.16. The van der Waals surface area contributed by atoms with Crippen molar-refractivity contribution >= 4 is 6.03 Å². The van der Waals surface area contributed by atoms with Crippen molar-refractivity contribution in [1.29, 1.82) is 0 Å². The SMILES string of the molecule is Cc1ccc(OCCNC(=O)NCCc2ccc(CO)cc2)cc1. The standard InChI is InChI=1S/C19H24N2O3/c1-15-2-8-18(9-3-15)24-13-12-21-19(23)20-11-10-16-4-6-17(14-22)7-5-16/h2-9,22H,10-14H2,1H3,(H2,20,21,23). The lowest BCUT2D eigenvalue weighted by atomic mass is 10.1. The van der Waals surface area contributed by atoms with Crippen LogP contribution in [0.15, 0.2) is 48.5 Å². The van der Waals surface area contributed by atoms with Gasteiger partial charge in [-0.2, -0.15) is 0 Å². The number of aliphatic hydroxyl groups excluding tert-OH is 1. The number of nitrogens with one attached hydrogen (secondary N) is 2. The average molecular weight is 328 g/mol. The highest BCUT2D eigenvalue weighted by Gasteiger charge is 2.00. The summed E-state index contributed by atoms with van der Waals surface area (Å²) in [4.78, 5) is 11.7. The van der Waals surface area contributed by atoms with Crippen molar-refractivity contribution in [2.45, 2.75) is 20.0 Å². The molecule has 0 bridgehead atoms. The Morgan fingerprint density at radius 1 is 0.958 bits per heavy atom. The van der Waals surface area contributed by atoms with Crippen LogP contribution in [0.5, 0.6) is 5.75 Å². The molecule has 0 saturated carbocycles. The van der Waals surface area contributed by atoms with Gasteiger partial charge in [0.15, 0.2) is 0 Å². The molecule has 0 saturated heterocycles. The van der Waals surface area contributed by atoms with Crippen LogP contribution in [0.2, 0.25) is 0 Å². The molecule has 2 rings (SSSR count). The number of carbonyl (C=O) groups is 1. The molecule has 0 aliphatic rings. The largest absolute Gasteiger partial charge is 0.492 e. The van der Waals surface area contributed by atoms with Crippen LogP contribution in [-0.2, 0) is 13.0 Å². The molecule has 0 aliphatic carbocycles. The molecule has 24 heavy (non-hydrogen) atoms. The van der Waals surface area contributed by atoms with Gasteiger partial charge in [0.2, 0.25) is 0 Å². The number of urea groups is 1. The third-order valence-corrected chi connectivity index (χ3v) is 3.58. The first-order valence-electron chi connectivity index (χ1n) is 8.07. The number of aliphatic hydroxyl groups is 1. The Morgan fingerprint density at radius 3 is 2.25 bits per heavy atom.